The third-order valence-corrected chi connectivity index (χ3v) is 2.59. The number of anilines is 1. The first-order valence-electron chi connectivity index (χ1n) is 6.10. The summed E-state index contributed by atoms with van der Waals surface area (Å²) in [7, 11) is 0. The van der Waals surface area contributed by atoms with Crippen LogP contribution in [0.5, 0.6) is 0 Å². The number of carboxylic acid groups (broad SMARTS) is 1. The molecule has 114 valence electrons. The van der Waals surface area contributed by atoms with E-state index in [9.17, 15) is 18.8 Å². The molecule has 0 saturated carbocycles. The molecule has 0 aliphatic carbocycles. The van der Waals surface area contributed by atoms with E-state index in [0.29, 0.717) is 10.4 Å². The summed E-state index contributed by atoms with van der Waals surface area (Å²) in [5.74, 6) is -2.25. The van der Waals surface area contributed by atoms with Gasteiger partial charge in [0.1, 0.15) is 5.82 Å². The van der Waals surface area contributed by atoms with E-state index in [1.807, 2.05) is 0 Å². The van der Waals surface area contributed by atoms with Gasteiger partial charge < -0.3 is 15.3 Å². The van der Waals surface area contributed by atoms with Crippen molar-refractivity contribution in [2.24, 2.45) is 0 Å². The van der Waals surface area contributed by atoms with Crippen molar-refractivity contribution in [1.82, 2.24) is 4.73 Å². The van der Waals surface area contributed by atoms with E-state index in [4.69, 9.17) is 9.94 Å². The minimum atomic E-state index is -1.23. The SMILES string of the molecule is O=C(COn1cc(C(=O)O)ccc1=O)Nc1ccc(F)cc1. The van der Waals surface area contributed by atoms with Crippen LogP contribution in [0.15, 0.2) is 47.4 Å². The van der Waals surface area contributed by atoms with E-state index >= 15 is 0 Å². The van der Waals surface area contributed by atoms with Gasteiger partial charge in [-0.05, 0) is 30.3 Å². The lowest BCUT2D eigenvalue weighted by Crippen LogP contribution is -2.32. The highest BCUT2D eigenvalue weighted by molar-refractivity contribution is 5.91. The number of benzene rings is 1. The fraction of sp³-hybridized carbons (Fsp3) is 0.0714. The number of nitrogens with zero attached hydrogens (tertiary/aromatic N) is 1. The maximum Gasteiger partial charge on any atom is 0.337 e. The second-order valence-corrected chi connectivity index (χ2v) is 4.22. The van der Waals surface area contributed by atoms with Crippen molar-refractivity contribution in [3.05, 3.63) is 64.3 Å². The fourth-order valence-corrected chi connectivity index (χ4v) is 1.55. The summed E-state index contributed by atoms with van der Waals surface area (Å²) in [4.78, 5) is 38.8. The van der Waals surface area contributed by atoms with Crippen LogP contribution in [0, 0.1) is 5.82 Å². The van der Waals surface area contributed by atoms with Crippen molar-refractivity contribution < 1.29 is 23.9 Å². The molecule has 2 rings (SSSR count). The van der Waals surface area contributed by atoms with Gasteiger partial charge in [0.05, 0.1) is 11.8 Å². The van der Waals surface area contributed by atoms with Crippen LogP contribution in [0.3, 0.4) is 0 Å². The Kier molecular flexibility index (Phi) is 4.52. The van der Waals surface area contributed by atoms with Crippen molar-refractivity contribution in [3.8, 4) is 0 Å². The molecule has 0 atom stereocenters. The van der Waals surface area contributed by atoms with Crippen LogP contribution >= 0.6 is 0 Å². The van der Waals surface area contributed by atoms with Crippen molar-refractivity contribution in [2.75, 3.05) is 11.9 Å². The number of hydrogen-bond donors (Lipinski definition) is 2. The average molecular weight is 306 g/mol. The number of aromatic nitrogens is 1. The minimum Gasteiger partial charge on any atom is -0.478 e. The standard InChI is InChI=1S/C14H11FN2O5/c15-10-2-4-11(5-3-10)16-12(18)8-22-17-7-9(14(20)21)1-6-13(17)19/h1-7H,8H2,(H,16,18)(H,20,21). The number of hydrogen-bond acceptors (Lipinski definition) is 4. The summed E-state index contributed by atoms with van der Waals surface area (Å²) < 4.78 is 13.4. The van der Waals surface area contributed by atoms with E-state index in [0.717, 1.165) is 18.3 Å². The van der Waals surface area contributed by atoms with E-state index in [-0.39, 0.29) is 5.56 Å². The number of carbonyl (C=O) groups excluding carboxylic acids is 1. The summed E-state index contributed by atoms with van der Waals surface area (Å²) in [6.07, 6.45) is 0.968. The monoisotopic (exact) mass is 306 g/mol. The lowest BCUT2D eigenvalue weighted by molar-refractivity contribution is -0.120. The topological polar surface area (TPSA) is 97.6 Å². The Morgan fingerprint density at radius 2 is 1.86 bits per heavy atom. The van der Waals surface area contributed by atoms with Gasteiger partial charge in [0, 0.05) is 11.8 Å². The van der Waals surface area contributed by atoms with Gasteiger partial charge in [-0.25, -0.2) is 9.18 Å². The molecule has 2 N–H and O–H groups in total. The summed E-state index contributed by atoms with van der Waals surface area (Å²) in [6, 6.07) is 7.23. The van der Waals surface area contributed by atoms with Crippen LogP contribution in [0.1, 0.15) is 10.4 Å². The Hall–Kier alpha value is -3.16. The average Bonchev–Trinajstić information content (AvgIpc) is 2.48. The van der Waals surface area contributed by atoms with Crippen LogP contribution in [0.2, 0.25) is 0 Å². The zero-order valence-electron chi connectivity index (χ0n) is 11.2. The molecule has 0 unspecified atom stereocenters. The second kappa shape index (κ2) is 6.53. The molecule has 0 fully saturated rings. The first-order valence-corrected chi connectivity index (χ1v) is 6.10. The maximum atomic E-state index is 12.7. The molecule has 0 bridgehead atoms. The van der Waals surface area contributed by atoms with Gasteiger partial charge in [0.15, 0.2) is 6.61 Å². The molecular formula is C14H11FN2O5. The first-order chi connectivity index (χ1) is 10.5. The lowest BCUT2D eigenvalue weighted by atomic mass is 10.3. The van der Waals surface area contributed by atoms with Gasteiger partial charge in [-0.2, -0.15) is 4.73 Å². The third-order valence-electron chi connectivity index (χ3n) is 2.59. The van der Waals surface area contributed by atoms with Crippen molar-refractivity contribution in [1.29, 1.82) is 0 Å². The fourth-order valence-electron chi connectivity index (χ4n) is 1.55. The normalized spacial score (nSPS) is 10.0. The van der Waals surface area contributed by atoms with Gasteiger partial charge in [0.2, 0.25) is 0 Å². The van der Waals surface area contributed by atoms with Gasteiger partial charge in [-0.1, -0.05) is 0 Å². The van der Waals surface area contributed by atoms with Gasteiger partial charge in [-0.3, -0.25) is 9.59 Å². The number of amides is 1. The molecule has 2 aromatic rings. The Labute approximate surface area is 123 Å². The highest BCUT2D eigenvalue weighted by Gasteiger charge is 2.08. The number of halogens is 1. The molecule has 0 radical (unpaired) electrons. The summed E-state index contributed by atoms with van der Waals surface area (Å²) in [5.41, 5.74) is -0.403. The number of carbonyl (C=O) groups is 2. The highest BCUT2D eigenvalue weighted by Crippen LogP contribution is 2.07. The molecule has 0 aliphatic rings. The second-order valence-electron chi connectivity index (χ2n) is 4.22. The van der Waals surface area contributed by atoms with Crippen molar-refractivity contribution >= 4 is 17.6 Å². The van der Waals surface area contributed by atoms with Crippen LogP contribution < -0.4 is 15.7 Å². The smallest absolute Gasteiger partial charge is 0.337 e. The lowest BCUT2D eigenvalue weighted by Gasteiger charge is -2.09. The van der Waals surface area contributed by atoms with Crippen molar-refractivity contribution in [2.45, 2.75) is 0 Å². The molecule has 1 aromatic carbocycles. The minimum absolute atomic E-state index is 0.154. The summed E-state index contributed by atoms with van der Waals surface area (Å²) in [6.45, 7) is -0.514. The van der Waals surface area contributed by atoms with E-state index in [1.165, 1.54) is 24.3 Å². The quantitative estimate of drug-likeness (QED) is 0.849. The number of aromatic carboxylic acids is 1. The molecule has 0 aliphatic heterocycles. The summed E-state index contributed by atoms with van der Waals surface area (Å²) in [5, 5.41) is 11.2. The number of carboxylic acids is 1. The molecule has 1 aromatic heterocycles. The number of rotatable bonds is 5. The Morgan fingerprint density at radius 3 is 2.50 bits per heavy atom. The maximum absolute atomic E-state index is 12.7. The molecular weight excluding hydrogens is 295 g/mol. The Bertz CT molecular complexity index is 755. The van der Waals surface area contributed by atoms with E-state index in [1.54, 1.807) is 0 Å². The Morgan fingerprint density at radius 1 is 1.18 bits per heavy atom. The molecule has 8 heteroatoms. The van der Waals surface area contributed by atoms with Crippen molar-refractivity contribution in [3.63, 3.8) is 0 Å². The van der Waals surface area contributed by atoms with Crippen LogP contribution in [-0.4, -0.2) is 28.3 Å². The van der Waals surface area contributed by atoms with Crippen LogP contribution in [0.4, 0.5) is 10.1 Å². The predicted molar refractivity (Wildman–Crippen MR) is 74.1 cm³/mol. The predicted octanol–water partition coefficient (Wildman–Crippen LogP) is 0.753. The number of pyridine rings is 1. The molecule has 1 heterocycles. The first kappa shape index (κ1) is 15.2. The molecule has 0 spiro atoms. The molecule has 0 saturated heterocycles. The molecule has 1 amide bonds. The van der Waals surface area contributed by atoms with Gasteiger partial charge >= 0.3 is 5.97 Å². The molecule has 7 nitrogen and oxygen atoms in total. The van der Waals surface area contributed by atoms with Gasteiger partial charge in [0.25, 0.3) is 11.5 Å². The largest absolute Gasteiger partial charge is 0.478 e. The third kappa shape index (κ3) is 3.92. The van der Waals surface area contributed by atoms with E-state index < -0.39 is 29.9 Å². The van der Waals surface area contributed by atoms with Crippen LogP contribution in [0.25, 0.3) is 0 Å². The zero-order valence-corrected chi connectivity index (χ0v) is 11.2. The number of nitrogens with one attached hydrogen (secondary N) is 1. The highest BCUT2D eigenvalue weighted by atomic mass is 19.1. The summed E-state index contributed by atoms with van der Waals surface area (Å²) >= 11 is 0. The zero-order chi connectivity index (χ0) is 16.1. The van der Waals surface area contributed by atoms with Gasteiger partial charge in [-0.15, -0.1) is 0 Å². The molecule has 22 heavy (non-hydrogen) atoms. The van der Waals surface area contributed by atoms with Crippen LogP contribution in [-0.2, 0) is 4.79 Å². The van der Waals surface area contributed by atoms with E-state index in [2.05, 4.69) is 5.32 Å². The Balaban J connectivity index is 1.99.